The first-order valence-electron chi connectivity index (χ1n) is 6.53. The van der Waals surface area contributed by atoms with Gasteiger partial charge >= 0.3 is 0 Å². The molecule has 0 spiro atoms. The van der Waals surface area contributed by atoms with E-state index in [1.54, 1.807) is 0 Å². The van der Waals surface area contributed by atoms with Crippen molar-refractivity contribution in [2.75, 3.05) is 19.6 Å². The normalized spacial score (nSPS) is 20.5. The van der Waals surface area contributed by atoms with Crippen LogP contribution in [-0.2, 0) is 9.59 Å². The summed E-state index contributed by atoms with van der Waals surface area (Å²) in [5.41, 5.74) is 0. The van der Waals surface area contributed by atoms with Crippen LogP contribution in [0.15, 0.2) is 0 Å². The van der Waals surface area contributed by atoms with Crippen LogP contribution in [0, 0.1) is 11.8 Å². The molecule has 0 aromatic rings. The van der Waals surface area contributed by atoms with E-state index in [0.717, 1.165) is 19.5 Å². The fourth-order valence-corrected chi connectivity index (χ4v) is 2.14. The number of likely N-dealkylation sites (tertiary alicyclic amines) is 1. The maximum Gasteiger partial charge on any atom is 0.241 e. The average Bonchev–Trinajstić information content (AvgIpc) is 2.25. The Labute approximate surface area is 104 Å². The van der Waals surface area contributed by atoms with Crippen LogP contribution in [0.3, 0.4) is 0 Å². The SMILES string of the molecule is CC(C)CC(=O)NCC(=O)N1CCCC(C)C1. The standard InChI is InChI=1S/C13H24N2O2/c1-10(2)7-12(16)14-8-13(17)15-6-4-5-11(3)9-15/h10-11H,4-9H2,1-3H3,(H,14,16). The number of carbonyl (C=O) groups excluding carboxylic acids is 2. The van der Waals surface area contributed by atoms with Crippen molar-refractivity contribution >= 4 is 11.8 Å². The van der Waals surface area contributed by atoms with Gasteiger partial charge in [-0.3, -0.25) is 9.59 Å². The van der Waals surface area contributed by atoms with E-state index in [1.165, 1.54) is 6.42 Å². The summed E-state index contributed by atoms with van der Waals surface area (Å²) < 4.78 is 0. The highest BCUT2D eigenvalue weighted by atomic mass is 16.2. The predicted molar refractivity (Wildman–Crippen MR) is 67.4 cm³/mol. The molecule has 1 rings (SSSR count). The van der Waals surface area contributed by atoms with Gasteiger partial charge in [0.15, 0.2) is 0 Å². The molecule has 1 fully saturated rings. The molecule has 0 saturated carbocycles. The Morgan fingerprint density at radius 1 is 1.41 bits per heavy atom. The highest BCUT2D eigenvalue weighted by molar-refractivity contribution is 5.84. The summed E-state index contributed by atoms with van der Waals surface area (Å²) in [6.07, 6.45) is 2.76. The van der Waals surface area contributed by atoms with Gasteiger partial charge < -0.3 is 10.2 Å². The van der Waals surface area contributed by atoms with Crippen LogP contribution in [0.5, 0.6) is 0 Å². The second-order valence-electron chi connectivity index (χ2n) is 5.46. The zero-order chi connectivity index (χ0) is 12.8. The van der Waals surface area contributed by atoms with Gasteiger partial charge in [0.2, 0.25) is 11.8 Å². The number of rotatable bonds is 4. The maximum atomic E-state index is 11.8. The fraction of sp³-hybridized carbons (Fsp3) is 0.846. The summed E-state index contributed by atoms with van der Waals surface area (Å²) in [4.78, 5) is 25.1. The first kappa shape index (κ1) is 14.0. The molecule has 0 aromatic heterocycles. The van der Waals surface area contributed by atoms with Crippen molar-refractivity contribution in [2.24, 2.45) is 11.8 Å². The zero-order valence-electron chi connectivity index (χ0n) is 11.2. The third-order valence-electron chi connectivity index (χ3n) is 3.04. The molecule has 1 heterocycles. The number of carbonyl (C=O) groups is 2. The molecule has 1 unspecified atom stereocenters. The van der Waals surface area contributed by atoms with Gasteiger partial charge in [-0.05, 0) is 24.7 Å². The Kier molecular flexibility index (Phi) is 5.45. The number of hydrogen-bond acceptors (Lipinski definition) is 2. The summed E-state index contributed by atoms with van der Waals surface area (Å²) in [5, 5.41) is 2.70. The molecule has 4 heteroatoms. The van der Waals surface area contributed by atoms with Crippen molar-refractivity contribution in [1.82, 2.24) is 10.2 Å². The van der Waals surface area contributed by atoms with Crippen molar-refractivity contribution in [3.63, 3.8) is 0 Å². The molecule has 1 aliphatic heterocycles. The third-order valence-corrected chi connectivity index (χ3v) is 3.04. The highest BCUT2D eigenvalue weighted by Gasteiger charge is 2.20. The van der Waals surface area contributed by atoms with Crippen LogP contribution in [0.2, 0.25) is 0 Å². The summed E-state index contributed by atoms with van der Waals surface area (Å²) in [6.45, 7) is 7.97. The number of nitrogens with one attached hydrogen (secondary N) is 1. The van der Waals surface area contributed by atoms with E-state index in [9.17, 15) is 9.59 Å². The number of nitrogens with zero attached hydrogens (tertiary/aromatic N) is 1. The number of amides is 2. The lowest BCUT2D eigenvalue weighted by atomic mass is 10.0. The average molecular weight is 240 g/mol. The van der Waals surface area contributed by atoms with Crippen LogP contribution in [0.25, 0.3) is 0 Å². The predicted octanol–water partition coefficient (Wildman–Crippen LogP) is 1.41. The third kappa shape index (κ3) is 5.20. The molecule has 98 valence electrons. The van der Waals surface area contributed by atoms with Gasteiger partial charge in [0.1, 0.15) is 0 Å². The van der Waals surface area contributed by atoms with Crippen LogP contribution in [0.4, 0.5) is 0 Å². The molecule has 2 amide bonds. The van der Waals surface area contributed by atoms with Crippen LogP contribution >= 0.6 is 0 Å². The van der Waals surface area contributed by atoms with Crippen LogP contribution < -0.4 is 5.32 Å². The Morgan fingerprint density at radius 3 is 2.71 bits per heavy atom. The quantitative estimate of drug-likeness (QED) is 0.807. The Morgan fingerprint density at radius 2 is 2.12 bits per heavy atom. The van der Waals surface area contributed by atoms with Crippen molar-refractivity contribution < 1.29 is 9.59 Å². The van der Waals surface area contributed by atoms with Gasteiger partial charge in [0, 0.05) is 19.5 Å². The molecular formula is C13H24N2O2. The van der Waals surface area contributed by atoms with E-state index in [0.29, 0.717) is 18.3 Å². The molecule has 0 radical (unpaired) electrons. The Bertz CT molecular complexity index is 277. The number of hydrogen-bond donors (Lipinski definition) is 1. The highest BCUT2D eigenvalue weighted by Crippen LogP contribution is 2.15. The fourth-order valence-electron chi connectivity index (χ4n) is 2.14. The van der Waals surface area contributed by atoms with E-state index in [4.69, 9.17) is 0 Å². The summed E-state index contributed by atoms with van der Waals surface area (Å²) in [7, 11) is 0. The van der Waals surface area contributed by atoms with E-state index < -0.39 is 0 Å². The van der Waals surface area contributed by atoms with Crippen LogP contribution in [0.1, 0.15) is 40.0 Å². The van der Waals surface area contributed by atoms with Crippen molar-refractivity contribution in [1.29, 1.82) is 0 Å². The number of piperidine rings is 1. The van der Waals surface area contributed by atoms with Gasteiger partial charge in [0.25, 0.3) is 0 Å². The molecule has 1 atom stereocenters. The van der Waals surface area contributed by atoms with Gasteiger partial charge in [-0.1, -0.05) is 20.8 Å². The zero-order valence-corrected chi connectivity index (χ0v) is 11.2. The largest absolute Gasteiger partial charge is 0.347 e. The second kappa shape index (κ2) is 6.62. The maximum absolute atomic E-state index is 11.8. The molecule has 1 N–H and O–H groups in total. The van der Waals surface area contributed by atoms with E-state index in [-0.39, 0.29) is 18.4 Å². The van der Waals surface area contributed by atoms with Crippen LogP contribution in [-0.4, -0.2) is 36.3 Å². The van der Waals surface area contributed by atoms with Crippen molar-refractivity contribution in [3.05, 3.63) is 0 Å². The molecule has 0 bridgehead atoms. The van der Waals surface area contributed by atoms with Gasteiger partial charge in [-0.25, -0.2) is 0 Å². The van der Waals surface area contributed by atoms with E-state index in [2.05, 4.69) is 12.2 Å². The summed E-state index contributed by atoms with van der Waals surface area (Å²) in [6, 6.07) is 0. The lowest BCUT2D eigenvalue weighted by Gasteiger charge is -2.31. The summed E-state index contributed by atoms with van der Waals surface area (Å²) in [5.74, 6) is 0.936. The lowest BCUT2D eigenvalue weighted by Crippen LogP contribution is -2.44. The molecule has 1 aliphatic rings. The molecule has 0 aliphatic carbocycles. The lowest BCUT2D eigenvalue weighted by molar-refractivity contribution is -0.134. The topological polar surface area (TPSA) is 49.4 Å². The van der Waals surface area contributed by atoms with E-state index >= 15 is 0 Å². The van der Waals surface area contributed by atoms with Gasteiger partial charge in [-0.15, -0.1) is 0 Å². The smallest absolute Gasteiger partial charge is 0.241 e. The molecule has 0 aromatic carbocycles. The molecule has 1 saturated heterocycles. The molecule has 17 heavy (non-hydrogen) atoms. The van der Waals surface area contributed by atoms with E-state index in [1.807, 2.05) is 18.7 Å². The monoisotopic (exact) mass is 240 g/mol. The first-order valence-corrected chi connectivity index (χ1v) is 6.53. The minimum atomic E-state index is -0.0293. The second-order valence-corrected chi connectivity index (χ2v) is 5.46. The van der Waals surface area contributed by atoms with Gasteiger partial charge in [0.05, 0.1) is 6.54 Å². The Hall–Kier alpha value is -1.06. The summed E-state index contributed by atoms with van der Waals surface area (Å²) >= 11 is 0. The van der Waals surface area contributed by atoms with Crippen molar-refractivity contribution in [2.45, 2.75) is 40.0 Å². The minimum Gasteiger partial charge on any atom is -0.347 e. The van der Waals surface area contributed by atoms with Crippen molar-refractivity contribution in [3.8, 4) is 0 Å². The molecule has 4 nitrogen and oxygen atoms in total. The molecular weight excluding hydrogens is 216 g/mol. The first-order chi connectivity index (χ1) is 7.99. The van der Waals surface area contributed by atoms with Gasteiger partial charge in [-0.2, -0.15) is 0 Å². The minimum absolute atomic E-state index is 0.0293. The Balaban J connectivity index is 2.26.